The Hall–Kier alpha value is -1.95. The average molecular weight is 304 g/mol. The molecule has 0 saturated carbocycles. The van der Waals surface area contributed by atoms with Gasteiger partial charge in [0.15, 0.2) is 5.82 Å². The second-order valence-electron chi connectivity index (χ2n) is 4.63. The summed E-state index contributed by atoms with van der Waals surface area (Å²) in [6.45, 7) is 4.90. The number of aromatic amines is 1. The van der Waals surface area contributed by atoms with Gasteiger partial charge in [0.25, 0.3) is 0 Å². The molecule has 1 N–H and O–H groups in total. The van der Waals surface area contributed by atoms with Crippen molar-refractivity contribution in [2.24, 2.45) is 5.10 Å². The predicted molar refractivity (Wildman–Crippen MR) is 86.6 cm³/mol. The molecule has 1 heterocycles. The molecule has 2 rings (SSSR count). The molecule has 0 amide bonds. The van der Waals surface area contributed by atoms with Crippen LogP contribution in [0.25, 0.3) is 0 Å². The van der Waals surface area contributed by atoms with Gasteiger partial charge in [-0.25, -0.2) is 0 Å². The number of nitrogens with one attached hydrogen (secondary N) is 1. The van der Waals surface area contributed by atoms with Crippen LogP contribution in [0.1, 0.15) is 38.1 Å². The molecule has 1 aromatic heterocycles. The van der Waals surface area contributed by atoms with Crippen molar-refractivity contribution in [3.05, 3.63) is 40.4 Å². The first kappa shape index (κ1) is 15.4. The molecule has 0 aliphatic carbocycles. The van der Waals surface area contributed by atoms with Crippen LogP contribution in [0.15, 0.2) is 29.4 Å². The van der Waals surface area contributed by atoms with Crippen molar-refractivity contribution in [2.75, 3.05) is 6.61 Å². The highest BCUT2D eigenvalue weighted by Crippen LogP contribution is 2.12. The molecule has 0 aliphatic rings. The zero-order valence-electron chi connectivity index (χ0n) is 12.4. The summed E-state index contributed by atoms with van der Waals surface area (Å²) < 4.78 is 7.82. The lowest BCUT2D eigenvalue weighted by molar-refractivity contribution is 0.309. The van der Waals surface area contributed by atoms with Crippen LogP contribution in [0.5, 0.6) is 5.75 Å². The Morgan fingerprint density at radius 1 is 1.43 bits per heavy atom. The first-order chi connectivity index (χ1) is 10.2. The van der Waals surface area contributed by atoms with Crippen LogP contribution in [0.2, 0.25) is 0 Å². The third-order valence-corrected chi connectivity index (χ3v) is 3.24. The van der Waals surface area contributed by atoms with Crippen LogP contribution < -0.4 is 4.74 Å². The van der Waals surface area contributed by atoms with E-state index in [9.17, 15) is 0 Å². The molecule has 1 aromatic carbocycles. The number of ether oxygens (including phenoxy) is 1. The summed E-state index contributed by atoms with van der Waals surface area (Å²) in [6.07, 6.45) is 4.71. The maximum atomic E-state index is 5.69. The van der Waals surface area contributed by atoms with E-state index in [4.69, 9.17) is 17.0 Å². The first-order valence-electron chi connectivity index (χ1n) is 7.18. The summed E-state index contributed by atoms with van der Waals surface area (Å²) in [4.78, 5) is 0. The quantitative estimate of drug-likeness (QED) is 0.483. The molecule has 0 radical (unpaired) electrons. The monoisotopic (exact) mass is 304 g/mol. The van der Waals surface area contributed by atoms with E-state index in [1.807, 2.05) is 31.2 Å². The zero-order chi connectivity index (χ0) is 15.1. The number of benzene rings is 1. The number of hydrogen-bond acceptors (Lipinski definition) is 4. The lowest BCUT2D eigenvalue weighted by Gasteiger charge is -2.05. The molecule has 0 fully saturated rings. The van der Waals surface area contributed by atoms with Crippen LogP contribution in [0.4, 0.5) is 0 Å². The molecule has 112 valence electrons. The fourth-order valence-corrected chi connectivity index (χ4v) is 2.01. The van der Waals surface area contributed by atoms with Gasteiger partial charge in [0.2, 0.25) is 4.77 Å². The Balaban J connectivity index is 2.12. The number of aromatic nitrogens is 3. The molecular weight excluding hydrogens is 284 g/mol. The Bertz CT molecular complexity index is 660. The highest BCUT2D eigenvalue weighted by atomic mass is 32.1. The summed E-state index contributed by atoms with van der Waals surface area (Å²) in [5.74, 6) is 1.67. The smallest absolute Gasteiger partial charge is 0.216 e. The maximum Gasteiger partial charge on any atom is 0.216 e. The predicted octanol–water partition coefficient (Wildman–Crippen LogP) is 3.56. The Kier molecular flexibility index (Phi) is 5.68. The fourth-order valence-electron chi connectivity index (χ4n) is 1.82. The minimum Gasteiger partial charge on any atom is -0.494 e. The van der Waals surface area contributed by atoms with Crippen molar-refractivity contribution in [1.29, 1.82) is 0 Å². The van der Waals surface area contributed by atoms with Gasteiger partial charge in [-0.2, -0.15) is 14.9 Å². The Morgan fingerprint density at radius 3 is 3.05 bits per heavy atom. The van der Waals surface area contributed by atoms with Crippen molar-refractivity contribution in [3.63, 3.8) is 0 Å². The van der Waals surface area contributed by atoms with Crippen LogP contribution in [0, 0.1) is 4.77 Å². The largest absolute Gasteiger partial charge is 0.494 e. The number of rotatable bonds is 7. The van der Waals surface area contributed by atoms with Gasteiger partial charge < -0.3 is 4.74 Å². The van der Waals surface area contributed by atoms with Gasteiger partial charge in [-0.05, 0) is 36.3 Å². The molecule has 6 heteroatoms. The molecular formula is C15H20N4OS. The lowest BCUT2D eigenvalue weighted by Crippen LogP contribution is -1.98. The van der Waals surface area contributed by atoms with Crippen LogP contribution >= 0.6 is 12.2 Å². The van der Waals surface area contributed by atoms with Gasteiger partial charge in [-0.3, -0.25) is 5.10 Å². The number of hydrogen-bond donors (Lipinski definition) is 1. The van der Waals surface area contributed by atoms with Crippen molar-refractivity contribution in [2.45, 2.75) is 33.1 Å². The first-order valence-corrected chi connectivity index (χ1v) is 7.59. The fraction of sp³-hybridized carbons (Fsp3) is 0.400. The topological polar surface area (TPSA) is 55.2 Å². The van der Waals surface area contributed by atoms with Crippen molar-refractivity contribution >= 4 is 18.4 Å². The van der Waals surface area contributed by atoms with Gasteiger partial charge in [-0.15, -0.1) is 0 Å². The van der Waals surface area contributed by atoms with Crippen LogP contribution in [-0.2, 0) is 6.42 Å². The summed E-state index contributed by atoms with van der Waals surface area (Å²) in [6, 6.07) is 7.85. The zero-order valence-corrected chi connectivity index (χ0v) is 13.2. The van der Waals surface area contributed by atoms with E-state index in [1.165, 1.54) is 0 Å². The molecule has 0 saturated heterocycles. The van der Waals surface area contributed by atoms with Gasteiger partial charge in [-0.1, -0.05) is 32.4 Å². The highest BCUT2D eigenvalue weighted by molar-refractivity contribution is 7.71. The molecule has 0 unspecified atom stereocenters. The van der Waals surface area contributed by atoms with Crippen molar-refractivity contribution in [1.82, 2.24) is 14.9 Å². The number of aryl methyl sites for hydroxylation is 1. The van der Waals surface area contributed by atoms with E-state index in [-0.39, 0.29) is 0 Å². The standard InChI is InChI=1S/C15H20N4OS/c1-3-5-9-20-13-8-6-7-12(10-13)11-16-19-14(4-2)17-18-15(19)21/h6-8,10-11H,3-5,9H2,1-2H3,(H,18,21)/b16-11+. The van der Waals surface area contributed by atoms with E-state index in [2.05, 4.69) is 22.2 Å². The molecule has 0 atom stereocenters. The van der Waals surface area contributed by atoms with Gasteiger partial charge >= 0.3 is 0 Å². The van der Waals surface area contributed by atoms with E-state index in [0.717, 1.165) is 43.0 Å². The van der Waals surface area contributed by atoms with E-state index in [0.29, 0.717) is 4.77 Å². The summed E-state index contributed by atoms with van der Waals surface area (Å²) in [7, 11) is 0. The Labute approximate surface area is 129 Å². The molecule has 0 aliphatic heterocycles. The molecule has 2 aromatic rings. The summed E-state index contributed by atoms with van der Waals surface area (Å²) in [5.41, 5.74) is 0.967. The maximum absolute atomic E-state index is 5.69. The molecule has 21 heavy (non-hydrogen) atoms. The third-order valence-electron chi connectivity index (χ3n) is 2.98. The molecule has 5 nitrogen and oxygen atoms in total. The number of unbranched alkanes of at least 4 members (excludes halogenated alkanes) is 1. The second-order valence-corrected chi connectivity index (χ2v) is 5.02. The van der Waals surface area contributed by atoms with E-state index < -0.39 is 0 Å². The van der Waals surface area contributed by atoms with Gasteiger partial charge in [0.1, 0.15) is 5.75 Å². The SMILES string of the molecule is CCCCOc1cccc(/C=N/n2c(CC)n[nH]c2=S)c1. The van der Waals surface area contributed by atoms with Crippen molar-refractivity contribution < 1.29 is 4.74 Å². The highest BCUT2D eigenvalue weighted by Gasteiger charge is 2.01. The van der Waals surface area contributed by atoms with E-state index in [1.54, 1.807) is 10.9 Å². The van der Waals surface area contributed by atoms with Gasteiger partial charge in [0.05, 0.1) is 12.8 Å². The molecule has 0 spiro atoms. The molecule has 0 bridgehead atoms. The average Bonchev–Trinajstić information content (AvgIpc) is 2.86. The summed E-state index contributed by atoms with van der Waals surface area (Å²) in [5, 5.41) is 11.3. The lowest BCUT2D eigenvalue weighted by atomic mass is 10.2. The second kappa shape index (κ2) is 7.73. The number of H-pyrrole nitrogens is 1. The van der Waals surface area contributed by atoms with E-state index >= 15 is 0 Å². The summed E-state index contributed by atoms with van der Waals surface area (Å²) >= 11 is 5.16. The number of nitrogens with zero attached hydrogens (tertiary/aromatic N) is 3. The Morgan fingerprint density at radius 2 is 2.29 bits per heavy atom. The van der Waals surface area contributed by atoms with Crippen molar-refractivity contribution in [3.8, 4) is 5.75 Å². The minimum absolute atomic E-state index is 0.499. The minimum atomic E-state index is 0.499. The van der Waals surface area contributed by atoms with Crippen LogP contribution in [-0.4, -0.2) is 27.7 Å². The van der Waals surface area contributed by atoms with Crippen LogP contribution in [0.3, 0.4) is 0 Å². The van der Waals surface area contributed by atoms with Gasteiger partial charge in [0, 0.05) is 6.42 Å². The third kappa shape index (κ3) is 4.26. The normalized spacial score (nSPS) is 11.1.